The Morgan fingerprint density at radius 1 is 1.08 bits per heavy atom. The second kappa shape index (κ2) is 7.06. The van der Waals surface area contributed by atoms with Gasteiger partial charge in [0.2, 0.25) is 0 Å². The molecule has 0 radical (unpaired) electrons. The number of para-hydroxylation sites is 2. The fraction of sp³-hybridized carbons (Fsp3) is 0.0588. The van der Waals surface area contributed by atoms with E-state index in [0.717, 1.165) is 11.0 Å². The van der Waals surface area contributed by atoms with Gasteiger partial charge < -0.3 is 5.32 Å². The van der Waals surface area contributed by atoms with E-state index in [4.69, 9.17) is 11.6 Å². The zero-order valence-corrected chi connectivity index (χ0v) is 13.6. The maximum Gasteiger partial charge on any atom is 0.339 e. The molecular weight excluding hydrogens is 326 g/mol. The molecule has 0 saturated carbocycles. The van der Waals surface area contributed by atoms with E-state index in [1.165, 1.54) is 0 Å². The van der Waals surface area contributed by atoms with E-state index in [9.17, 15) is 4.79 Å². The molecule has 24 heavy (non-hydrogen) atoms. The smallest absolute Gasteiger partial charge is 0.307 e. The number of nitrogens with one attached hydrogen (secondary N) is 2. The van der Waals surface area contributed by atoms with E-state index in [-0.39, 0.29) is 0 Å². The van der Waals surface area contributed by atoms with Crippen LogP contribution in [0.2, 0.25) is 5.02 Å². The number of fused-ring (bicyclic) bond motifs is 1. The Morgan fingerprint density at radius 3 is 2.54 bits per heavy atom. The molecule has 120 valence electrons. The second-order valence-corrected chi connectivity index (χ2v) is 5.45. The van der Waals surface area contributed by atoms with Crippen molar-refractivity contribution in [1.29, 1.82) is 0 Å². The van der Waals surface area contributed by atoms with Crippen LogP contribution in [0, 0.1) is 0 Å². The maximum atomic E-state index is 11.8. The van der Waals surface area contributed by atoms with Crippen LogP contribution in [0.1, 0.15) is 12.6 Å². The molecule has 0 unspecified atom stereocenters. The second-order valence-electron chi connectivity index (χ2n) is 5.01. The van der Waals surface area contributed by atoms with Gasteiger partial charge in [-0.25, -0.2) is 15.2 Å². The van der Waals surface area contributed by atoms with Crippen LogP contribution in [-0.2, 0) is 0 Å². The monoisotopic (exact) mass is 339 g/mol. The lowest BCUT2D eigenvalue weighted by atomic mass is 10.2. The molecule has 2 aromatic carbocycles. The first-order valence-electron chi connectivity index (χ1n) is 7.21. The van der Waals surface area contributed by atoms with Crippen molar-refractivity contribution < 1.29 is 4.79 Å². The number of urea groups is 1. The van der Waals surface area contributed by atoms with Crippen LogP contribution in [-0.4, -0.2) is 21.7 Å². The Morgan fingerprint density at radius 2 is 1.79 bits per heavy atom. The summed E-state index contributed by atoms with van der Waals surface area (Å²) in [6.45, 7) is 1.75. The molecule has 1 heterocycles. The summed E-state index contributed by atoms with van der Waals surface area (Å²) in [5, 5.41) is 7.30. The third-order valence-electron chi connectivity index (χ3n) is 3.25. The van der Waals surface area contributed by atoms with Crippen molar-refractivity contribution >= 4 is 40.1 Å². The van der Waals surface area contributed by atoms with Gasteiger partial charge in [-0.05, 0) is 43.3 Å². The molecule has 0 aliphatic heterocycles. The maximum absolute atomic E-state index is 11.8. The lowest BCUT2D eigenvalue weighted by Gasteiger charge is -2.05. The first kappa shape index (κ1) is 15.9. The summed E-state index contributed by atoms with van der Waals surface area (Å²) in [5.41, 5.74) is 5.78. The Bertz CT molecular complexity index is 908. The Labute approximate surface area is 143 Å². The quantitative estimate of drug-likeness (QED) is 0.562. The van der Waals surface area contributed by atoms with Crippen molar-refractivity contribution in [3.05, 3.63) is 65.4 Å². The van der Waals surface area contributed by atoms with Crippen molar-refractivity contribution in [2.45, 2.75) is 6.92 Å². The lowest BCUT2D eigenvalue weighted by molar-refractivity contribution is 0.252. The number of carbonyl (C=O) groups is 1. The number of halogens is 1. The van der Waals surface area contributed by atoms with Crippen LogP contribution < -0.4 is 10.7 Å². The molecular formula is C17H14ClN5O. The number of hydrogen-bond donors (Lipinski definition) is 2. The van der Waals surface area contributed by atoms with Crippen LogP contribution >= 0.6 is 11.6 Å². The number of hydrazone groups is 1. The van der Waals surface area contributed by atoms with Gasteiger partial charge >= 0.3 is 6.03 Å². The molecule has 0 fully saturated rings. The summed E-state index contributed by atoms with van der Waals surface area (Å²) in [7, 11) is 0. The molecule has 3 aromatic rings. The minimum absolute atomic E-state index is 0.453. The highest BCUT2D eigenvalue weighted by atomic mass is 35.5. The number of nitrogens with zero attached hydrogens (tertiary/aromatic N) is 3. The van der Waals surface area contributed by atoms with Gasteiger partial charge in [0.15, 0.2) is 0 Å². The van der Waals surface area contributed by atoms with Gasteiger partial charge in [-0.1, -0.05) is 23.7 Å². The van der Waals surface area contributed by atoms with Crippen LogP contribution in [0.3, 0.4) is 0 Å². The van der Waals surface area contributed by atoms with Crippen LogP contribution in [0.15, 0.2) is 59.8 Å². The molecule has 0 spiro atoms. The fourth-order valence-corrected chi connectivity index (χ4v) is 2.14. The molecule has 2 N–H and O–H groups in total. The summed E-state index contributed by atoms with van der Waals surface area (Å²) < 4.78 is 0. The van der Waals surface area contributed by atoms with Gasteiger partial charge in [0, 0.05) is 10.7 Å². The average molecular weight is 340 g/mol. The SMILES string of the molecule is CC(=NNC(=O)Nc1ccc(Cl)cc1)c1cnc2ccccc2n1. The largest absolute Gasteiger partial charge is 0.339 e. The van der Waals surface area contributed by atoms with Crippen molar-refractivity contribution in [3.63, 3.8) is 0 Å². The van der Waals surface area contributed by atoms with Crippen molar-refractivity contribution in [2.75, 3.05) is 5.32 Å². The summed E-state index contributed by atoms with van der Waals surface area (Å²) >= 11 is 5.80. The number of carbonyl (C=O) groups excluding carboxylic acids is 1. The highest BCUT2D eigenvalue weighted by Crippen LogP contribution is 2.13. The van der Waals surface area contributed by atoms with E-state index < -0.39 is 6.03 Å². The average Bonchev–Trinajstić information content (AvgIpc) is 2.61. The molecule has 0 saturated heterocycles. The van der Waals surface area contributed by atoms with Gasteiger partial charge in [-0.15, -0.1) is 0 Å². The Balaban J connectivity index is 1.68. The van der Waals surface area contributed by atoms with Gasteiger partial charge in [0.1, 0.15) is 5.69 Å². The van der Waals surface area contributed by atoms with Crippen LogP contribution in [0.5, 0.6) is 0 Å². The molecule has 0 aliphatic rings. The third-order valence-corrected chi connectivity index (χ3v) is 3.50. The molecule has 2 amide bonds. The molecule has 0 atom stereocenters. The van der Waals surface area contributed by atoms with E-state index >= 15 is 0 Å². The van der Waals surface area contributed by atoms with Gasteiger partial charge in [0.05, 0.1) is 22.9 Å². The molecule has 3 rings (SSSR count). The van der Waals surface area contributed by atoms with Gasteiger partial charge in [0.25, 0.3) is 0 Å². The fourth-order valence-electron chi connectivity index (χ4n) is 2.02. The number of benzene rings is 2. The van der Waals surface area contributed by atoms with E-state index in [1.54, 1.807) is 37.4 Å². The number of aromatic nitrogens is 2. The summed E-state index contributed by atoms with van der Waals surface area (Å²) in [4.78, 5) is 20.6. The zero-order chi connectivity index (χ0) is 16.9. The molecule has 6 nitrogen and oxygen atoms in total. The topological polar surface area (TPSA) is 79.3 Å². The number of amides is 2. The van der Waals surface area contributed by atoms with Crippen LogP contribution in [0.4, 0.5) is 10.5 Å². The first-order valence-corrected chi connectivity index (χ1v) is 7.58. The molecule has 7 heteroatoms. The van der Waals surface area contributed by atoms with Crippen molar-refractivity contribution in [1.82, 2.24) is 15.4 Å². The number of rotatable bonds is 3. The minimum atomic E-state index is -0.453. The number of anilines is 1. The summed E-state index contributed by atoms with van der Waals surface area (Å²) in [6.07, 6.45) is 1.62. The molecule has 0 aliphatic carbocycles. The van der Waals surface area contributed by atoms with Crippen molar-refractivity contribution in [3.8, 4) is 0 Å². The minimum Gasteiger partial charge on any atom is -0.307 e. The predicted molar refractivity (Wildman–Crippen MR) is 95.4 cm³/mol. The first-order chi connectivity index (χ1) is 11.6. The predicted octanol–water partition coefficient (Wildman–Crippen LogP) is 3.83. The number of hydrogen-bond acceptors (Lipinski definition) is 4. The van der Waals surface area contributed by atoms with E-state index in [2.05, 4.69) is 25.8 Å². The Kier molecular flexibility index (Phi) is 4.67. The Hall–Kier alpha value is -2.99. The third kappa shape index (κ3) is 3.85. The summed E-state index contributed by atoms with van der Waals surface area (Å²) in [5.74, 6) is 0. The standard InChI is InChI=1S/C17H14ClN5O/c1-11(16-10-19-14-4-2-3-5-15(14)21-16)22-23-17(24)20-13-8-6-12(18)7-9-13/h2-10H,1H3,(H2,20,23,24). The van der Waals surface area contributed by atoms with Crippen molar-refractivity contribution in [2.24, 2.45) is 5.10 Å². The van der Waals surface area contributed by atoms with Gasteiger partial charge in [-0.3, -0.25) is 4.98 Å². The molecule has 0 bridgehead atoms. The molecule has 1 aromatic heterocycles. The van der Waals surface area contributed by atoms with Gasteiger partial charge in [-0.2, -0.15) is 5.10 Å². The zero-order valence-electron chi connectivity index (χ0n) is 12.8. The highest BCUT2D eigenvalue weighted by Gasteiger charge is 2.04. The van der Waals surface area contributed by atoms with E-state index in [1.807, 2.05) is 24.3 Å². The van der Waals surface area contributed by atoms with Crippen LogP contribution in [0.25, 0.3) is 11.0 Å². The van der Waals surface area contributed by atoms with E-state index in [0.29, 0.717) is 22.1 Å². The lowest BCUT2D eigenvalue weighted by Crippen LogP contribution is -2.25. The highest BCUT2D eigenvalue weighted by molar-refractivity contribution is 6.30. The normalized spacial score (nSPS) is 11.3. The summed E-state index contributed by atoms with van der Waals surface area (Å²) in [6, 6.07) is 13.9.